The number of halogens is 3. The molecule has 1 aliphatic heterocycles. The largest absolute Gasteiger partial charge is 0.573 e. The summed E-state index contributed by atoms with van der Waals surface area (Å²) in [5.41, 5.74) is 0.878. The second-order valence-electron chi connectivity index (χ2n) is 5.61. The van der Waals surface area contributed by atoms with Gasteiger partial charge in [0.15, 0.2) is 5.16 Å². The molecule has 0 spiro atoms. The summed E-state index contributed by atoms with van der Waals surface area (Å²) < 4.78 is 47.9. The summed E-state index contributed by atoms with van der Waals surface area (Å²) in [6, 6.07) is 5.85. The molecule has 10 heteroatoms. The highest BCUT2D eigenvalue weighted by molar-refractivity contribution is 7.98. The quantitative estimate of drug-likeness (QED) is 0.708. The lowest BCUT2D eigenvalue weighted by Crippen LogP contribution is -2.38. The Bertz CT molecular complexity index is 715. The number of morpholine rings is 1. The second kappa shape index (κ2) is 8.17. The number of thioether (sulfide) groups is 1. The summed E-state index contributed by atoms with van der Waals surface area (Å²) in [6.45, 7) is 5.67. The van der Waals surface area contributed by atoms with Crippen molar-refractivity contribution in [3.8, 4) is 5.75 Å². The van der Waals surface area contributed by atoms with Crippen molar-refractivity contribution in [2.45, 2.75) is 30.7 Å². The van der Waals surface area contributed by atoms with Crippen LogP contribution in [0.5, 0.6) is 5.75 Å². The van der Waals surface area contributed by atoms with Crippen LogP contribution in [0.15, 0.2) is 29.4 Å². The molecule has 26 heavy (non-hydrogen) atoms. The van der Waals surface area contributed by atoms with Crippen molar-refractivity contribution in [3.05, 3.63) is 29.8 Å². The zero-order valence-corrected chi connectivity index (χ0v) is 15.0. The average molecular weight is 388 g/mol. The van der Waals surface area contributed by atoms with Crippen molar-refractivity contribution in [2.24, 2.45) is 0 Å². The summed E-state index contributed by atoms with van der Waals surface area (Å²) in [7, 11) is 0. The molecule has 2 heterocycles. The number of aromatic nitrogens is 3. The van der Waals surface area contributed by atoms with E-state index in [-0.39, 0.29) is 5.75 Å². The molecule has 0 bridgehead atoms. The predicted octanol–water partition coefficient (Wildman–Crippen LogP) is 3.33. The number of anilines is 1. The SMILES string of the molecule is CCn1c(SCc2ccc(OC(F)(F)F)cc2)nnc1N1CCOCC1. The van der Waals surface area contributed by atoms with Crippen molar-refractivity contribution >= 4 is 17.7 Å². The Morgan fingerprint density at radius 2 is 1.85 bits per heavy atom. The van der Waals surface area contributed by atoms with E-state index in [1.54, 1.807) is 12.1 Å². The van der Waals surface area contributed by atoms with Crippen LogP contribution in [0.4, 0.5) is 19.1 Å². The highest BCUT2D eigenvalue weighted by Gasteiger charge is 2.31. The van der Waals surface area contributed by atoms with Crippen molar-refractivity contribution in [1.82, 2.24) is 14.8 Å². The predicted molar refractivity (Wildman–Crippen MR) is 91.4 cm³/mol. The lowest BCUT2D eigenvalue weighted by Gasteiger charge is -2.27. The first kappa shape index (κ1) is 18.8. The van der Waals surface area contributed by atoms with E-state index < -0.39 is 6.36 Å². The maximum absolute atomic E-state index is 12.2. The van der Waals surface area contributed by atoms with Gasteiger partial charge in [0.2, 0.25) is 5.95 Å². The summed E-state index contributed by atoms with van der Waals surface area (Å²) >= 11 is 1.50. The van der Waals surface area contributed by atoms with Gasteiger partial charge >= 0.3 is 6.36 Å². The van der Waals surface area contributed by atoms with Crippen LogP contribution < -0.4 is 9.64 Å². The van der Waals surface area contributed by atoms with E-state index in [0.29, 0.717) is 19.0 Å². The van der Waals surface area contributed by atoms with Gasteiger partial charge in [0.1, 0.15) is 5.75 Å². The molecule has 1 fully saturated rings. The van der Waals surface area contributed by atoms with Crippen LogP contribution in [0.3, 0.4) is 0 Å². The zero-order chi connectivity index (χ0) is 18.6. The molecule has 0 amide bonds. The maximum Gasteiger partial charge on any atom is 0.573 e. The fourth-order valence-electron chi connectivity index (χ4n) is 2.60. The molecule has 2 aromatic rings. The first-order valence-corrected chi connectivity index (χ1v) is 9.18. The molecule has 0 atom stereocenters. The molecule has 1 saturated heterocycles. The van der Waals surface area contributed by atoms with Crippen LogP contribution in [-0.2, 0) is 17.0 Å². The van der Waals surface area contributed by atoms with E-state index in [0.717, 1.165) is 36.3 Å². The van der Waals surface area contributed by atoms with Gasteiger partial charge in [-0.1, -0.05) is 23.9 Å². The van der Waals surface area contributed by atoms with E-state index in [4.69, 9.17) is 4.74 Å². The zero-order valence-electron chi connectivity index (χ0n) is 14.2. The molecule has 0 aliphatic carbocycles. The minimum atomic E-state index is -4.68. The fraction of sp³-hybridized carbons (Fsp3) is 0.500. The Morgan fingerprint density at radius 1 is 1.15 bits per heavy atom. The van der Waals surface area contributed by atoms with Gasteiger partial charge in [0, 0.05) is 25.4 Å². The summed E-state index contributed by atoms with van der Waals surface area (Å²) in [4.78, 5) is 2.15. The van der Waals surface area contributed by atoms with Gasteiger partial charge in [0.05, 0.1) is 13.2 Å². The van der Waals surface area contributed by atoms with Gasteiger partial charge in [-0.2, -0.15) is 0 Å². The third kappa shape index (κ3) is 4.82. The summed E-state index contributed by atoms with van der Waals surface area (Å²) in [6.07, 6.45) is -4.68. The molecule has 6 nitrogen and oxygen atoms in total. The minimum Gasteiger partial charge on any atom is -0.406 e. The van der Waals surface area contributed by atoms with Gasteiger partial charge in [0.25, 0.3) is 0 Å². The number of hydrogen-bond acceptors (Lipinski definition) is 6. The molecule has 0 unspecified atom stereocenters. The Kier molecular flexibility index (Phi) is 5.92. The number of alkyl halides is 3. The van der Waals surface area contributed by atoms with Gasteiger partial charge in [-0.3, -0.25) is 4.57 Å². The Morgan fingerprint density at radius 3 is 2.46 bits per heavy atom. The highest BCUT2D eigenvalue weighted by Crippen LogP contribution is 2.27. The van der Waals surface area contributed by atoms with Gasteiger partial charge in [-0.25, -0.2) is 0 Å². The van der Waals surface area contributed by atoms with Crippen molar-refractivity contribution < 1.29 is 22.6 Å². The lowest BCUT2D eigenvalue weighted by molar-refractivity contribution is -0.274. The molecule has 0 saturated carbocycles. The lowest BCUT2D eigenvalue weighted by atomic mass is 10.2. The molecular formula is C16H19F3N4O2S. The Labute approximate surface area is 153 Å². The van der Waals surface area contributed by atoms with Gasteiger partial charge in [-0.15, -0.1) is 23.4 Å². The number of ether oxygens (including phenoxy) is 2. The number of rotatable bonds is 6. The Hall–Kier alpha value is -1.94. The highest BCUT2D eigenvalue weighted by atomic mass is 32.2. The van der Waals surface area contributed by atoms with E-state index in [1.165, 1.54) is 23.9 Å². The number of nitrogens with zero attached hydrogens (tertiary/aromatic N) is 4. The maximum atomic E-state index is 12.2. The molecule has 1 aromatic heterocycles. The minimum absolute atomic E-state index is 0.224. The smallest absolute Gasteiger partial charge is 0.406 e. The molecule has 1 aliphatic rings. The summed E-state index contributed by atoms with van der Waals surface area (Å²) in [5, 5.41) is 9.34. The summed E-state index contributed by atoms with van der Waals surface area (Å²) in [5.74, 6) is 1.18. The first-order valence-electron chi connectivity index (χ1n) is 8.19. The second-order valence-corrected chi connectivity index (χ2v) is 6.55. The monoisotopic (exact) mass is 388 g/mol. The van der Waals surface area contributed by atoms with Gasteiger partial charge < -0.3 is 14.4 Å². The fourth-order valence-corrected chi connectivity index (χ4v) is 3.55. The van der Waals surface area contributed by atoms with E-state index in [1.807, 2.05) is 11.5 Å². The number of benzene rings is 1. The van der Waals surface area contributed by atoms with Crippen LogP contribution in [0.1, 0.15) is 12.5 Å². The van der Waals surface area contributed by atoms with Crippen LogP contribution in [0.25, 0.3) is 0 Å². The molecular weight excluding hydrogens is 369 g/mol. The molecule has 3 rings (SSSR count). The third-order valence-corrected chi connectivity index (χ3v) is 4.87. The van der Waals surface area contributed by atoms with Crippen LogP contribution >= 0.6 is 11.8 Å². The van der Waals surface area contributed by atoms with Crippen molar-refractivity contribution in [2.75, 3.05) is 31.2 Å². The first-order chi connectivity index (χ1) is 12.5. The number of hydrogen-bond donors (Lipinski definition) is 0. The third-order valence-electron chi connectivity index (χ3n) is 3.83. The van der Waals surface area contributed by atoms with Crippen LogP contribution in [0, 0.1) is 0 Å². The van der Waals surface area contributed by atoms with E-state index in [2.05, 4.69) is 19.8 Å². The molecule has 1 aromatic carbocycles. The van der Waals surface area contributed by atoms with E-state index in [9.17, 15) is 13.2 Å². The average Bonchev–Trinajstić information content (AvgIpc) is 3.03. The van der Waals surface area contributed by atoms with Crippen LogP contribution in [0.2, 0.25) is 0 Å². The van der Waals surface area contributed by atoms with Crippen molar-refractivity contribution in [3.63, 3.8) is 0 Å². The van der Waals surface area contributed by atoms with Crippen LogP contribution in [-0.4, -0.2) is 47.4 Å². The molecule has 0 radical (unpaired) electrons. The normalized spacial score (nSPS) is 15.3. The van der Waals surface area contributed by atoms with E-state index >= 15 is 0 Å². The topological polar surface area (TPSA) is 52.4 Å². The van der Waals surface area contributed by atoms with Gasteiger partial charge in [-0.05, 0) is 24.6 Å². The van der Waals surface area contributed by atoms with Crippen molar-refractivity contribution in [1.29, 1.82) is 0 Å². The molecule has 142 valence electrons. The Balaban J connectivity index is 1.63. The standard InChI is InChI=1S/C16H19F3N4O2S/c1-2-23-14(22-7-9-24-10-8-22)20-21-15(23)26-11-12-3-5-13(6-4-12)25-16(17,18)19/h3-6H,2,7-11H2,1H3. The molecule has 0 N–H and O–H groups in total.